The van der Waals surface area contributed by atoms with E-state index in [0.29, 0.717) is 5.69 Å². The highest BCUT2D eigenvalue weighted by Gasteiger charge is 2.15. The van der Waals surface area contributed by atoms with Crippen LogP contribution in [0.1, 0.15) is 5.56 Å². The summed E-state index contributed by atoms with van der Waals surface area (Å²) in [7, 11) is 1.32. The number of benzene rings is 2. The Labute approximate surface area is 167 Å². The number of aromatic nitrogens is 2. The highest BCUT2D eigenvalue weighted by molar-refractivity contribution is 7.17. The molecule has 4 rings (SSSR count). The highest BCUT2D eigenvalue weighted by atomic mass is 32.1. The van der Waals surface area contributed by atoms with Crippen molar-refractivity contribution in [1.29, 1.82) is 0 Å². The van der Waals surface area contributed by atoms with E-state index in [2.05, 4.69) is 10.3 Å². The Morgan fingerprint density at radius 2 is 1.93 bits per heavy atom. The Morgan fingerprint density at radius 3 is 2.66 bits per heavy atom. The van der Waals surface area contributed by atoms with E-state index in [1.54, 1.807) is 11.3 Å². The molecule has 4 aromatic rings. The van der Waals surface area contributed by atoms with Gasteiger partial charge in [0.1, 0.15) is 0 Å². The number of fused-ring (bicyclic) bond motifs is 1. The summed E-state index contributed by atoms with van der Waals surface area (Å²) in [5.41, 5.74) is 0.275. The third kappa shape index (κ3) is 3.68. The Kier molecular flexibility index (Phi) is 4.98. The molecule has 1 N–H and O–H groups in total. The summed E-state index contributed by atoms with van der Waals surface area (Å²) in [5.74, 6) is -4.00. The van der Waals surface area contributed by atoms with Crippen molar-refractivity contribution < 1.29 is 17.9 Å². The molecule has 0 amide bonds. The van der Waals surface area contributed by atoms with Gasteiger partial charge in [-0.15, -0.1) is 11.3 Å². The van der Waals surface area contributed by atoms with Gasteiger partial charge in [0.25, 0.3) is 0 Å². The average Bonchev–Trinajstić information content (AvgIpc) is 3.18. The first-order valence-corrected chi connectivity index (χ1v) is 9.36. The second-order valence-corrected chi connectivity index (χ2v) is 7.15. The number of anilines is 2. The van der Waals surface area contributed by atoms with E-state index in [4.69, 9.17) is 4.74 Å². The second kappa shape index (κ2) is 7.59. The van der Waals surface area contributed by atoms with Gasteiger partial charge in [0, 0.05) is 15.8 Å². The Balaban J connectivity index is 1.78. The number of ether oxygens (including phenoxy) is 1. The number of hydrogen-bond acceptors (Lipinski definition) is 5. The van der Waals surface area contributed by atoms with E-state index in [1.165, 1.54) is 17.9 Å². The van der Waals surface area contributed by atoms with Gasteiger partial charge in [-0.3, -0.25) is 4.79 Å². The highest BCUT2D eigenvalue weighted by Crippen LogP contribution is 2.29. The van der Waals surface area contributed by atoms with Crippen molar-refractivity contribution in [3.05, 3.63) is 81.3 Å². The summed E-state index contributed by atoms with van der Waals surface area (Å²) < 4.78 is 48.0. The topological polar surface area (TPSA) is 56.1 Å². The van der Waals surface area contributed by atoms with E-state index in [0.717, 1.165) is 22.2 Å². The minimum atomic E-state index is -1.54. The fourth-order valence-electron chi connectivity index (χ4n) is 2.95. The van der Waals surface area contributed by atoms with Crippen molar-refractivity contribution >= 4 is 33.1 Å². The smallest absolute Gasteiger partial charge is 0.316 e. The maximum Gasteiger partial charge on any atom is 0.316 e. The Bertz CT molecular complexity index is 1250. The number of nitrogens with zero attached hydrogens (tertiary/aromatic N) is 2. The van der Waals surface area contributed by atoms with Crippen LogP contribution in [0.15, 0.2) is 52.8 Å². The minimum absolute atomic E-state index is 0.0349. The molecule has 0 spiro atoms. The molecule has 2 aromatic carbocycles. The normalized spacial score (nSPS) is 11.0. The van der Waals surface area contributed by atoms with Crippen molar-refractivity contribution in [1.82, 2.24) is 9.55 Å². The van der Waals surface area contributed by atoms with Gasteiger partial charge in [0.15, 0.2) is 17.5 Å². The van der Waals surface area contributed by atoms with Crippen molar-refractivity contribution in [2.24, 2.45) is 0 Å². The maximum absolute atomic E-state index is 13.6. The third-order valence-corrected chi connectivity index (χ3v) is 5.20. The molecule has 9 heteroatoms. The van der Waals surface area contributed by atoms with Crippen LogP contribution in [0.25, 0.3) is 10.1 Å². The number of hydrogen-bond donors (Lipinski definition) is 1. The lowest BCUT2D eigenvalue weighted by molar-refractivity contribution is 0.402. The van der Waals surface area contributed by atoms with E-state index >= 15 is 0 Å². The van der Waals surface area contributed by atoms with Crippen LogP contribution in [-0.2, 0) is 6.54 Å². The van der Waals surface area contributed by atoms with Crippen molar-refractivity contribution in [3.8, 4) is 5.75 Å². The van der Waals surface area contributed by atoms with Crippen LogP contribution < -0.4 is 15.6 Å². The van der Waals surface area contributed by atoms with Gasteiger partial charge in [-0.2, -0.15) is 4.98 Å². The second-order valence-electron chi connectivity index (χ2n) is 6.20. The van der Waals surface area contributed by atoms with Crippen LogP contribution in [0.3, 0.4) is 0 Å². The monoisotopic (exact) mass is 417 g/mol. The molecule has 2 aromatic heterocycles. The van der Waals surface area contributed by atoms with Crippen LogP contribution in [0, 0.1) is 17.5 Å². The predicted octanol–water partition coefficient (Wildman–Crippen LogP) is 4.68. The standard InChI is InChI=1S/C20H14F3N3O2S/c1-28-16-10-26(9-11-7-13(21)18(23)14(22)8-11)20(25-19(16)27)24-15-3-2-4-17-12(15)5-6-29-17/h2-8,10H,9H2,1H3,(H,24,25,27). The van der Waals surface area contributed by atoms with Gasteiger partial charge in [-0.1, -0.05) is 6.07 Å². The summed E-state index contributed by atoms with van der Waals surface area (Å²) >= 11 is 1.56. The molecule has 0 aliphatic heterocycles. The van der Waals surface area contributed by atoms with Gasteiger partial charge >= 0.3 is 5.56 Å². The van der Waals surface area contributed by atoms with Crippen molar-refractivity contribution in [2.75, 3.05) is 12.4 Å². The predicted molar refractivity (Wildman–Crippen MR) is 106 cm³/mol. The van der Waals surface area contributed by atoms with Crippen LogP contribution in [0.5, 0.6) is 5.75 Å². The third-order valence-electron chi connectivity index (χ3n) is 4.32. The zero-order valence-electron chi connectivity index (χ0n) is 15.1. The molecule has 29 heavy (non-hydrogen) atoms. The summed E-state index contributed by atoms with van der Waals surface area (Å²) in [4.78, 5) is 16.2. The molecule has 0 saturated carbocycles. The van der Waals surface area contributed by atoms with E-state index in [-0.39, 0.29) is 23.8 Å². The lowest BCUT2D eigenvalue weighted by Crippen LogP contribution is -2.19. The fraction of sp³-hybridized carbons (Fsp3) is 0.100. The molecule has 0 aliphatic carbocycles. The number of nitrogens with one attached hydrogen (secondary N) is 1. The average molecular weight is 417 g/mol. The quantitative estimate of drug-likeness (QED) is 0.479. The number of rotatable bonds is 5. The fourth-order valence-corrected chi connectivity index (χ4v) is 3.77. The lowest BCUT2D eigenvalue weighted by Gasteiger charge is -2.16. The number of methoxy groups -OCH3 is 1. The molecule has 0 atom stereocenters. The molecular weight excluding hydrogens is 403 g/mol. The summed E-state index contributed by atoms with van der Waals surface area (Å²) in [5, 5.41) is 5.97. The van der Waals surface area contributed by atoms with Gasteiger partial charge in [-0.05, 0) is 41.3 Å². The van der Waals surface area contributed by atoms with Gasteiger partial charge in [0.05, 0.1) is 19.9 Å². The molecule has 0 saturated heterocycles. The summed E-state index contributed by atoms with van der Waals surface area (Å²) in [6.07, 6.45) is 1.38. The zero-order chi connectivity index (χ0) is 20.5. The molecule has 0 radical (unpaired) electrons. The Hall–Kier alpha value is -3.33. The molecule has 0 fully saturated rings. The van der Waals surface area contributed by atoms with Crippen LogP contribution in [0.4, 0.5) is 24.8 Å². The largest absolute Gasteiger partial charge is 0.490 e. The first kappa shape index (κ1) is 19.0. The Morgan fingerprint density at radius 1 is 1.17 bits per heavy atom. The molecule has 2 heterocycles. The molecule has 0 unspecified atom stereocenters. The molecule has 5 nitrogen and oxygen atoms in total. The van der Waals surface area contributed by atoms with E-state index in [9.17, 15) is 18.0 Å². The molecule has 0 aliphatic rings. The van der Waals surface area contributed by atoms with E-state index < -0.39 is 23.0 Å². The van der Waals surface area contributed by atoms with Gasteiger partial charge < -0.3 is 14.6 Å². The first-order chi connectivity index (χ1) is 14.0. The van der Waals surface area contributed by atoms with Gasteiger partial charge in [-0.25, -0.2) is 13.2 Å². The van der Waals surface area contributed by atoms with Gasteiger partial charge in [0.2, 0.25) is 11.7 Å². The number of halogens is 3. The lowest BCUT2D eigenvalue weighted by atomic mass is 10.2. The van der Waals surface area contributed by atoms with Crippen LogP contribution >= 0.6 is 11.3 Å². The van der Waals surface area contributed by atoms with Crippen LogP contribution in [-0.4, -0.2) is 16.7 Å². The zero-order valence-corrected chi connectivity index (χ0v) is 15.9. The molecule has 148 valence electrons. The minimum Gasteiger partial charge on any atom is -0.490 e. The molecule has 0 bridgehead atoms. The maximum atomic E-state index is 13.6. The van der Waals surface area contributed by atoms with E-state index in [1.807, 2.05) is 29.6 Å². The first-order valence-electron chi connectivity index (χ1n) is 8.48. The number of thiophene rings is 1. The SMILES string of the molecule is COc1cn(Cc2cc(F)c(F)c(F)c2)c(Nc2cccc3sccc23)nc1=O. The summed E-state index contributed by atoms with van der Waals surface area (Å²) in [6, 6.07) is 9.37. The van der Waals surface area contributed by atoms with Crippen molar-refractivity contribution in [3.63, 3.8) is 0 Å². The van der Waals surface area contributed by atoms with Crippen LogP contribution in [0.2, 0.25) is 0 Å². The van der Waals surface area contributed by atoms with Crippen molar-refractivity contribution in [2.45, 2.75) is 6.54 Å². The summed E-state index contributed by atoms with van der Waals surface area (Å²) in [6.45, 7) is -0.0697. The molecular formula is C20H14F3N3O2S.